The second-order valence-corrected chi connectivity index (χ2v) is 9.77. The minimum Gasteiger partial charge on any atom is -0.471 e. The Morgan fingerprint density at radius 3 is 2.24 bits per heavy atom. The van der Waals surface area contributed by atoms with Crippen LogP contribution in [0.5, 0.6) is 0 Å². The summed E-state index contributed by atoms with van der Waals surface area (Å²) >= 11 is 11.3. The Hall–Kier alpha value is -2.20. The van der Waals surface area contributed by atoms with Crippen LogP contribution >= 0.6 is 23.2 Å². The minimum absolute atomic E-state index is 0.0509. The summed E-state index contributed by atoms with van der Waals surface area (Å²) in [7, 11) is 1.31. The van der Waals surface area contributed by atoms with E-state index < -0.39 is 5.82 Å². The fourth-order valence-electron chi connectivity index (χ4n) is 3.82. The van der Waals surface area contributed by atoms with Crippen LogP contribution in [-0.2, 0) is 9.53 Å². The van der Waals surface area contributed by atoms with Crippen LogP contribution in [-0.4, -0.2) is 25.7 Å². The predicted octanol–water partition coefficient (Wildman–Crippen LogP) is 6.77. The van der Waals surface area contributed by atoms with Crippen molar-refractivity contribution in [3.8, 4) is 6.07 Å². The number of methoxy groups -OCH3 is 1. The molecule has 33 heavy (non-hydrogen) atoms. The van der Waals surface area contributed by atoms with Crippen molar-refractivity contribution in [3.63, 3.8) is 0 Å². The lowest BCUT2D eigenvalue weighted by molar-refractivity contribution is -0.126. The van der Waals surface area contributed by atoms with Gasteiger partial charge in [0.15, 0.2) is 0 Å². The molecular formula is C25H30Cl2F2N2O2. The molecule has 4 nitrogen and oxygen atoms in total. The van der Waals surface area contributed by atoms with Gasteiger partial charge in [-0.2, -0.15) is 5.26 Å². The summed E-state index contributed by atoms with van der Waals surface area (Å²) in [6.07, 6.45) is 0.883. The first-order valence-corrected chi connectivity index (χ1v) is 11.2. The number of nitrogens with zero attached hydrogens (tertiary/aromatic N) is 1. The number of nitriles is 1. The lowest BCUT2D eigenvalue weighted by atomic mass is 9.78. The number of halogens is 4. The van der Waals surface area contributed by atoms with Crippen LogP contribution < -0.4 is 5.32 Å². The van der Waals surface area contributed by atoms with E-state index in [1.807, 2.05) is 6.92 Å². The molecule has 1 saturated heterocycles. The molecule has 1 aliphatic heterocycles. The number of hydrogen-bond donors (Lipinski definition) is 1. The highest BCUT2D eigenvalue weighted by Crippen LogP contribution is 2.41. The fourth-order valence-corrected chi connectivity index (χ4v) is 4.18. The molecule has 0 saturated carbocycles. The smallest absolute Gasteiger partial charge is 0.292 e. The Kier molecular flexibility index (Phi) is 11.8. The molecule has 0 amide bonds. The molecule has 180 valence electrons. The lowest BCUT2D eigenvalue weighted by Crippen LogP contribution is -2.33. The summed E-state index contributed by atoms with van der Waals surface area (Å²) in [5, 5.41) is 13.6. The maximum Gasteiger partial charge on any atom is 0.292 e. The Morgan fingerprint density at radius 2 is 1.79 bits per heavy atom. The van der Waals surface area contributed by atoms with E-state index in [1.165, 1.54) is 19.2 Å². The average molecular weight is 499 g/mol. The molecule has 3 rings (SSSR count). The number of rotatable bonds is 3. The van der Waals surface area contributed by atoms with Crippen LogP contribution in [0, 0.1) is 34.3 Å². The summed E-state index contributed by atoms with van der Waals surface area (Å²) in [5.41, 5.74) is 0.666. The van der Waals surface area contributed by atoms with Gasteiger partial charge in [0, 0.05) is 23.0 Å². The standard InChI is InChI=1S/C17H22ClFN2.C6H4ClF.C2H4O2/c1-10-15(11-6-5-7-13(18)16(11)19)12(9-20)14(21-10)8-17(2,3)4;7-5-2-1-3-6(8)4-5;1-4-2-3/h5-7,10,12,14-15,21H,8H2,1-4H3;1-4H;2H,1H3. The lowest BCUT2D eigenvalue weighted by Gasteiger charge is -2.25. The van der Waals surface area contributed by atoms with Gasteiger partial charge in [-0.3, -0.25) is 4.79 Å². The largest absolute Gasteiger partial charge is 0.471 e. The molecule has 8 heteroatoms. The second kappa shape index (κ2) is 13.5. The normalized spacial score (nSPS) is 21.6. The number of benzene rings is 2. The molecule has 4 unspecified atom stereocenters. The molecule has 0 spiro atoms. The van der Waals surface area contributed by atoms with E-state index in [-0.39, 0.29) is 40.2 Å². The Labute approximate surface area is 204 Å². The van der Waals surface area contributed by atoms with Crippen molar-refractivity contribution >= 4 is 29.7 Å². The third-order valence-electron chi connectivity index (χ3n) is 5.04. The number of hydrogen-bond acceptors (Lipinski definition) is 4. The molecule has 1 fully saturated rings. The summed E-state index contributed by atoms with van der Waals surface area (Å²) in [6.45, 7) is 8.85. The van der Waals surface area contributed by atoms with Gasteiger partial charge in [0.05, 0.1) is 24.1 Å². The Balaban J connectivity index is 0.000000372. The van der Waals surface area contributed by atoms with Crippen LogP contribution in [0.1, 0.15) is 45.6 Å². The fraction of sp³-hybridized carbons (Fsp3) is 0.440. The van der Waals surface area contributed by atoms with Gasteiger partial charge in [-0.15, -0.1) is 0 Å². The number of nitrogens with one attached hydrogen (secondary N) is 1. The molecule has 4 atom stereocenters. The maximum absolute atomic E-state index is 14.3. The number of ether oxygens (including phenoxy) is 1. The molecule has 0 aliphatic carbocycles. The van der Waals surface area contributed by atoms with Gasteiger partial charge in [0.1, 0.15) is 11.6 Å². The zero-order valence-electron chi connectivity index (χ0n) is 19.4. The SMILES string of the molecule is CC1NC(CC(C)(C)C)C(C#N)C1c1cccc(Cl)c1F.COC=O.Fc1cccc(Cl)c1. The topological polar surface area (TPSA) is 62.1 Å². The molecule has 0 radical (unpaired) electrons. The summed E-state index contributed by atoms with van der Waals surface area (Å²) in [6, 6.07) is 13.4. The van der Waals surface area contributed by atoms with E-state index in [9.17, 15) is 14.0 Å². The summed E-state index contributed by atoms with van der Waals surface area (Å²) in [5.74, 6) is -1.10. The van der Waals surface area contributed by atoms with Crippen LogP contribution in [0.2, 0.25) is 10.0 Å². The molecule has 2 aromatic carbocycles. The first kappa shape index (κ1) is 28.8. The van der Waals surface area contributed by atoms with E-state index in [0.717, 1.165) is 6.42 Å². The maximum atomic E-state index is 14.3. The number of carbonyl (C=O) groups excluding carboxylic acids is 1. The van der Waals surface area contributed by atoms with Gasteiger partial charge < -0.3 is 10.1 Å². The number of carbonyl (C=O) groups is 1. The third kappa shape index (κ3) is 9.29. The Bertz CT molecular complexity index is 927. The van der Waals surface area contributed by atoms with Crippen LogP contribution in [0.15, 0.2) is 42.5 Å². The van der Waals surface area contributed by atoms with Gasteiger partial charge in [0.2, 0.25) is 0 Å². The first-order chi connectivity index (χ1) is 15.4. The molecular weight excluding hydrogens is 469 g/mol. The van der Waals surface area contributed by atoms with E-state index in [4.69, 9.17) is 28.0 Å². The highest BCUT2D eigenvalue weighted by molar-refractivity contribution is 6.31. The van der Waals surface area contributed by atoms with E-state index in [1.54, 1.807) is 30.3 Å². The van der Waals surface area contributed by atoms with Gasteiger partial charge >= 0.3 is 0 Å². The predicted molar refractivity (Wildman–Crippen MR) is 128 cm³/mol. The van der Waals surface area contributed by atoms with Gasteiger partial charge in [0.25, 0.3) is 6.47 Å². The van der Waals surface area contributed by atoms with Crippen LogP contribution in [0.25, 0.3) is 0 Å². The quantitative estimate of drug-likeness (QED) is 0.474. The van der Waals surface area contributed by atoms with Crippen LogP contribution in [0.3, 0.4) is 0 Å². The molecule has 1 aliphatic rings. The van der Waals surface area contributed by atoms with Crippen molar-refractivity contribution in [1.82, 2.24) is 5.32 Å². The average Bonchev–Trinajstić information content (AvgIpc) is 3.03. The van der Waals surface area contributed by atoms with Crippen molar-refractivity contribution in [3.05, 3.63) is 69.7 Å². The molecule has 1 heterocycles. The van der Waals surface area contributed by atoms with Crippen molar-refractivity contribution in [2.75, 3.05) is 7.11 Å². The van der Waals surface area contributed by atoms with Crippen molar-refractivity contribution in [2.24, 2.45) is 11.3 Å². The van der Waals surface area contributed by atoms with Crippen LogP contribution in [0.4, 0.5) is 8.78 Å². The molecule has 2 aromatic rings. The van der Waals surface area contributed by atoms with Crippen molar-refractivity contribution < 1.29 is 18.3 Å². The summed E-state index contributed by atoms with van der Waals surface area (Å²) < 4.78 is 30.3. The first-order valence-electron chi connectivity index (χ1n) is 10.4. The third-order valence-corrected chi connectivity index (χ3v) is 5.57. The zero-order chi connectivity index (χ0) is 25.2. The van der Waals surface area contributed by atoms with Gasteiger partial charge in [-0.05, 0) is 48.6 Å². The highest BCUT2D eigenvalue weighted by atomic mass is 35.5. The van der Waals surface area contributed by atoms with E-state index in [0.29, 0.717) is 17.1 Å². The molecule has 0 bridgehead atoms. The summed E-state index contributed by atoms with van der Waals surface area (Å²) in [4.78, 5) is 8.95. The molecule has 0 aromatic heterocycles. The van der Waals surface area contributed by atoms with Crippen molar-refractivity contribution in [2.45, 2.75) is 52.1 Å². The van der Waals surface area contributed by atoms with Gasteiger partial charge in [-0.25, -0.2) is 8.78 Å². The second-order valence-electron chi connectivity index (χ2n) is 8.92. The Morgan fingerprint density at radius 1 is 1.18 bits per heavy atom. The monoisotopic (exact) mass is 498 g/mol. The minimum atomic E-state index is -0.394. The zero-order valence-corrected chi connectivity index (χ0v) is 20.9. The highest BCUT2D eigenvalue weighted by Gasteiger charge is 2.44. The molecule has 1 N–H and O–H groups in total. The van der Waals surface area contributed by atoms with E-state index in [2.05, 4.69) is 36.9 Å². The van der Waals surface area contributed by atoms with E-state index >= 15 is 0 Å². The van der Waals surface area contributed by atoms with Gasteiger partial charge in [-0.1, -0.05) is 62.2 Å². The van der Waals surface area contributed by atoms with Crippen molar-refractivity contribution in [1.29, 1.82) is 5.26 Å².